The smallest absolute Gasteiger partial charge is 0.227 e. The van der Waals surface area contributed by atoms with E-state index in [0.29, 0.717) is 12.3 Å². The molecule has 2 amide bonds. The standard InChI is InChI=1S/C18H24N2O3/c1-23-16-10-6-5-9-15(16)20-12-13(11-17(20)21)18(22)19-14-7-3-2-4-8-14/h5-6,9-10,13-14H,2-4,7-8,11-12H2,1H3,(H,19,22). The molecule has 1 aromatic rings. The second-order valence-electron chi connectivity index (χ2n) is 6.42. The Morgan fingerprint density at radius 2 is 1.96 bits per heavy atom. The third-order valence-electron chi connectivity index (χ3n) is 4.82. The van der Waals surface area contributed by atoms with Crippen molar-refractivity contribution in [2.24, 2.45) is 5.92 Å². The van der Waals surface area contributed by atoms with Crippen molar-refractivity contribution in [1.82, 2.24) is 5.32 Å². The van der Waals surface area contributed by atoms with E-state index in [1.807, 2.05) is 24.3 Å². The van der Waals surface area contributed by atoms with Gasteiger partial charge in [0.1, 0.15) is 5.75 Å². The van der Waals surface area contributed by atoms with Crippen LogP contribution in [0.15, 0.2) is 24.3 Å². The molecule has 5 heteroatoms. The monoisotopic (exact) mass is 316 g/mol. The van der Waals surface area contributed by atoms with Gasteiger partial charge in [-0.05, 0) is 25.0 Å². The van der Waals surface area contributed by atoms with Crippen LogP contribution in [0, 0.1) is 5.92 Å². The van der Waals surface area contributed by atoms with Gasteiger partial charge in [0.05, 0.1) is 18.7 Å². The summed E-state index contributed by atoms with van der Waals surface area (Å²) in [6, 6.07) is 7.72. The fourth-order valence-electron chi connectivity index (χ4n) is 3.53. The van der Waals surface area contributed by atoms with E-state index in [4.69, 9.17) is 4.74 Å². The van der Waals surface area contributed by atoms with Gasteiger partial charge in [-0.25, -0.2) is 0 Å². The number of hydrogen-bond acceptors (Lipinski definition) is 3. The van der Waals surface area contributed by atoms with Gasteiger partial charge in [-0.15, -0.1) is 0 Å². The van der Waals surface area contributed by atoms with Crippen LogP contribution < -0.4 is 15.0 Å². The van der Waals surface area contributed by atoms with Crippen LogP contribution in [0.1, 0.15) is 38.5 Å². The number of methoxy groups -OCH3 is 1. The van der Waals surface area contributed by atoms with Gasteiger partial charge in [-0.1, -0.05) is 31.4 Å². The maximum Gasteiger partial charge on any atom is 0.227 e. The maximum atomic E-state index is 12.5. The SMILES string of the molecule is COc1ccccc1N1CC(C(=O)NC2CCCCC2)CC1=O. The van der Waals surface area contributed by atoms with Gasteiger partial charge >= 0.3 is 0 Å². The van der Waals surface area contributed by atoms with Crippen LogP contribution in [0.4, 0.5) is 5.69 Å². The van der Waals surface area contributed by atoms with Gasteiger partial charge < -0.3 is 15.0 Å². The third-order valence-corrected chi connectivity index (χ3v) is 4.82. The van der Waals surface area contributed by atoms with E-state index >= 15 is 0 Å². The van der Waals surface area contributed by atoms with Crippen molar-refractivity contribution >= 4 is 17.5 Å². The van der Waals surface area contributed by atoms with E-state index < -0.39 is 0 Å². The molecular weight excluding hydrogens is 292 g/mol. The second kappa shape index (κ2) is 7.02. The molecule has 0 aromatic heterocycles. The molecule has 1 unspecified atom stereocenters. The molecule has 1 heterocycles. The fraction of sp³-hybridized carbons (Fsp3) is 0.556. The van der Waals surface area contributed by atoms with Gasteiger partial charge in [0.25, 0.3) is 0 Å². The lowest BCUT2D eigenvalue weighted by molar-refractivity contribution is -0.127. The molecule has 5 nitrogen and oxygen atoms in total. The number of amides is 2. The van der Waals surface area contributed by atoms with Crippen molar-refractivity contribution in [2.75, 3.05) is 18.6 Å². The number of hydrogen-bond donors (Lipinski definition) is 1. The third kappa shape index (κ3) is 3.49. The number of carbonyl (C=O) groups is 2. The Labute approximate surface area is 137 Å². The molecule has 1 atom stereocenters. The topological polar surface area (TPSA) is 58.6 Å². The number of rotatable bonds is 4. The molecule has 0 radical (unpaired) electrons. The van der Waals surface area contributed by atoms with Gasteiger partial charge in [0, 0.05) is 19.0 Å². The highest BCUT2D eigenvalue weighted by molar-refractivity contribution is 6.01. The fourth-order valence-corrected chi connectivity index (χ4v) is 3.53. The van der Waals surface area contributed by atoms with Crippen molar-refractivity contribution in [3.63, 3.8) is 0 Å². The van der Waals surface area contributed by atoms with Gasteiger partial charge in [-0.3, -0.25) is 9.59 Å². The first-order chi connectivity index (χ1) is 11.2. The van der Waals surface area contributed by atoms with E-state index in [9.17, 15) is 9.59 Å². The van der Waals surface area contributed by atoms with Crippen LogP contribution in [0.2, 0.25) is 0 Å². The Balaban J connectivity index is 1.66. The number of para-hydroxylation sites is 2. The van der Waals surface area contributed by atoms with Crippen molar-refractivity contribution < 1.29 is 14.3 Å². The minimum Gasteiger partial charge on any atom is -0.495 e. The lowest BCUT2D eigenvalue weighted by Crippen LogP contribution is -2.40. The summed E-state index contributed by atoms with van der Waals surface area (Å²) in [5.74, 6) is 0.393. The minimum absolute atomic E-state index is 0.0155. The summed E-state index contributed by atoms with van der Waals surface area (Å²) >= 11 is 0. The van der Waals surface area contributed by atoms with Crippen LogP contribution >= 0.6 is 0 Å². The second-order valence-corrected chi connectivity index (χ2v) is 6.42. The molecule has 1 saturated carbocycles. The zero-order valence-corrected chi connectivity index (χ0v) is 13.6. The summed E-state index contributed by atoms with van der Waals surface area (Å²) in [6.07, 6.45) is 6.02. The molecule has 23 heavy (non-hydrogen) atoms. The number of ether oxygens (including phenoxy) is 1. The van der Waals surface area contributed by atoms with Crippen molar-refractivity contribution in [2.45, 2.75) is 44.6 Å². The number of carbonyl (C=O) groups excluding carboxylic acids is 2. The Kier molecular flexibility index (Phi) is 4.84. The van der Waals surface area contributed by atoms with Crippen LogP contribution in [-0.2, 0) is 9.59 Å². The molecule has 0 spiro atoms. The molecule has 1 aliphatic heterocycles. The Hall–Kier alpha value is -2.04. The van der Waals surface area contributed by atoms with Crippen molar-refractivity contribution in [1.29, 1.82) is 0 Å². The first-order valence-electron chi connectivity index (χ1n) is 8.43. The highest BCUT2D eigenvalue weighted by atomic mass is 16.5. The number of nitrogens with one attached hydrogen (secondary N) is 1. The van der Waals surface area contributed by atoms with E-state index in [0.717, 1.165) is 18.5 Å². The Morgan fingerprint density at radius 3 is 2.70 bits per heavy atom. The molecule has 3 rings (SSSR count). The quantitative estimate of drug-likeness (QED) is 0.928. The Bertz CT molecular complexity index is 581. The summed E-state index contributed by atoms with van der Waals surface area (Å²) in [6.45, 7) is 0.428. The molecular formula is C18H24N2O3. The molecule has 1 aliphatic carbocycles. The average molecular weight is 316 g/mol. The molecule has 2 aliphatic rings. The first-order valence-corrected chi connectivity index (χ1v) is 8.43. The zero-order valence-electron chi connectivity index (χ0n) is 13.6. The van der Waals surface area contributed by atoms with Gasteiger partial charge in [-0.2, -0.15) is 0 Å². The van der Waals surface area contributed by atoms with Gasteiger partial charge in [0.15, 0.2) is 0 Å². The summed E-state index contributed by atoms with van der Waals surface area (Å²) in [5, 5.41) is 3.13. The maximum absolute atomic E-state index is 12.5. The van der Waals surface area contributed by atoms with E-state index in [2.05, 4.69) is 5.32 Å². The summed E-state index contributed by atoms with van der Waals surface area (Å²) in [5.41, 5.74) is 0.743. The van der Waals surface area contributed by atoms with Gasteiger partial charge in [0.2, 0.25) is 11.8 Å². The Morgan fingerprint density at radius 1 is 1.22 bits per heavy atom. The minimum atomic E-state index is -0.269. The summed E-state index contributed by atoms with van der Waals surface area (Å²) in [4.78, 5) is 26.5. The zero-order chi connectivity index (χ0) is 16.2. The highest BCUT2D eigenvalue weighted by Gasteiger charge is 2.36. The molecule has 2 fully saturated rings. The summed E-state index contributed by atoms with van der Waals surface area (Å²) in [7, 11) is 1.59. The molecule has 1 saturated heterocycles. The highest BCUT2D eigenvalue weighted by Crippen LogP contribution is 2.33. The van der Waals surface area contributed by atoms with Crippen LogP contribution in [0.5, 0.6) is 5.75 Å². The van der Waals surface area contributed by atoms with Crippen LogP contribution in [-0.4, -0.2) is 31.5 Å². The van der Waals surface area contributed by atoms with Crippen LogP contribution in [0.3, 0.4) is 0 Å². The summed E-state index contributed by atoms with van der Waals surface area (Å²) < 4.78 is 5.33. The molecule has 124 valence electrons. The van der Waals surface area contributed by atoms with E-state index in [1.165, 1.54) is 19.3 Å². The van der Waals surface area contributed by atoms with Crippen molar-refractivity contribution in [3.8, 4) is 5.75 Å². The number of benzene rings is 1. The lowest BCUT2D eigenvalue weighted by Gasteiger charge is -2.24. The predicted octanol–water partition coefficient (Wildman–Crippen LogP) is 2.50. The largest absolute Gasteiger partial charge is 0.495 e. The predicted molar refractivity (Wildman–Crippen MR) is 88.5 cm³/mol. The molecule has 1 aromatic carbocycles. The van der Waals surface area contributed by atoms with E-state index in [1.54, 1.807) is 12.0 Å². The van der Waals surface area contributed by atoms with Crippen LogP contribution in [0.25, 0.3) is 0 Å². The normalized spacial score (nSPS) is 22.2. The number of anilines is 1. The van der Waals surface area contributed by atoms with Crippen molar-refractivity contribution in [3.05, 3.63) is 24.3 Å². The molecule has 1 N–H and O–H groups in total. The number of nitrogens with zero attached hydrogens (tertiary/aromatic N) is 1. The first kappa shape index (κ1) is 15.8. The average Bonchev–Trinajstić information content (AvgIpc) is 2.97. The lowest BCUT2D eigenvalue weighted by atomic mass is 9.95. The van der Waals surface area contributed by atoms with E-state index in [-0.39, 0.29) is 30.2 Å². The molecule has 0 bridgehead atoms.